The minimum Gasteiger partial charge on any atom is -0.490 e. The van der Waals surface area contributed by atoms with E-state index < -0.39 is 40.0 Å². The van der Waals surface area contributed by atoms with Crippen LogP contribution in [-0.2, 0) is 37.0 Å². The molecule has 2 amide bonds. The zero-order valence-electron chi connectivity index (χ0n) is 27.0. The molecule has 2 aromatic carbocycles. The number of aryl methyl sites for hydroxylation is 1. The summed E-state index contributed by atoms with van der Waals surface area (Å²) in [6.07, 6.45) is 9.29. The summed E-state index contributed by atoms with van der Waals surface area (Å²) in [5.74, 6) is -0.879. The SMILES string of the molecule is CN1CCC/C=C/[C@H](O)[C@@H]2CC[C@H]2CN2C[C@@]3(CCCc4cc(Cl)ccc43)COc3ccc(cc32)[C@@](O)(C(=O)NS(C)(=O)=O)CC1=O. The molecule has 2 aromatic rings. The first kappa shape index (κ1) is 33.8. The summed E-state index contributed by atoms with van der Waals surface area (Å²) in [4.78, 5) is 30.6. The molecule has 2 heterocycles. The number of carbonyl (C=O) groups is 2. The smallest absolute Gasteiger partial charge is 0.270 e. The summed E-state index contributed by atoms with van der Waals surface area (Å²) in [5.41, 5.74) is 0.284. The Morgan fingerprint density at radius 3 is 2.70 bits per heavy atom. The van der Waals surface area contributed by atoms with Gasteiger partial charge in [0.2, 0.25) is 15.9 Å². The molecule has 6 rings (SSSR count). The average Bonchev–Trinajstić information content (AvgIpc) is 3.14. The van der Waals surface area contributed by atoms with Gasteiger partial charge in [0.15, 0.2) is 5.60 Å². The third-order valence-electron chi connectivity index (χ3n) is 10.6. The number of nitrogens with zero attached hydrogens (tertiary/aromatic N) is 2. The molecule has 254 valence electrons. The highest BCUT2D eigenvalue weighted by Gasteiger charge is 2.46. The van der Waals surface area contributed by atoms with Crippen molar-refractivity contribution in [1.82, 2.24) is 9.62 Å². The Balaban J connectivity index is 1.47. The molecule has 2 bridgehead atoms. The van der Waals surface area contributed by atoms with Gasteiger partial charge in [-0.15, -0.1) is 0 Å². The van der Waals surface area contributed by atoms with E-state index in [-0.39, 0.29) is 22.8 Å². The Hall–Kier alpha value is -3.12. The van der Waals surface area contributed by atoms with E-state index in [0.29, 0.717) is 55.5 Å². The van der Waals surface area contributed by atoms with E-state index in [1.54, 1.807) is 19.2 Å². The lowest BCUT2D eigenvalue weighted by molar-refractivity contribution is -0.148. The van der Waals surface area contributed by atoms with Crippen LogP contribution in [0.25, 0.3) is 0 Å². The molecular formula is C35H44ClN3O7S. The van der Waals surface area contributed by atoms with Crippen LogP contribution in [0, 0.1) is 11.8 Å². The summed E-state index contributed by atoms with van der Waals surface area (Å²) in [5, 5.41) is 23.9. The van der Waals surface area contributed by atoms with Crippen LogP contribution in [0.15, 0.2) is 48.6 Å². The third-order valence-corrected chi connectivity index (χ3v) is 11.4. The van der Waals surface area contributed by atoms with E-state index in [2.05, 4.69) is 11.0 Å². The molecule has 12 heteroatoms. The molecule has 5 atom stereocenters. The van der Waals surface area contributed by atoms with E-state index in [1.807, 2.05) is 29.0 Å². The minimum atomic E-state index is -4.05. The second kappa shape index (κ2) is 13.1. The molecular weight excluding hydrogens is 642 g/mol. The standard InChI is InChI=1S/C35H44ClN3O7S/c1-38-16-5-3-4-8-30(40)27-12-9-24(27)20-39-21-34(15-6-7-23-17-26(36)11-13-28(23)34)22-46-31-14-10-25(18-29(31)39)35(43,19-32(38)41)33(42)37-47(2,44)45/h4,8,10-11,13-14,17-18,24,27,30,40,43H,3,5-7,9,12,15-16,19-22H2,1-2H3,(H,37,42)/b8-4+/t24-,27+,30-,34-,35+/m0/s1. The molecule has 0 saturated heterocycles. The Bertz CT molecular complexity index is 1680. The van der Waals surface area contributed by atoms with Crippen molar-refractivity contribution >= 4 is 39.1 Å². The maximum absolute atomic E-state index is 13.5. The first-order chi connectivity index (χ1) is 22.3. The number of benzene rings is 2. The van der Waals surface area contributed by atoms with E-state index in [4.69, 9.17) is 16.3 Å². The lowest BCUT2D eigenvalue weighted by Crippen LogP contribution is -2.50. The van der Waals surface area contributed by atoms with Gasteiger partial charge in [0, 0.05) is 37.1 Å². The molecule has 0 aromatic heterocycles. The number of carbonyl (C=O) groups excluding carboxylic acids is 2. The number of halogens is 1. The number of hydrogen-bond donors (Lipinski definition) is 3. The minimum absolute atomic E-state index is 0.0767. The van der Waals surface area contributed by atoms with Crippen LogP contribution < -0.4 is 14.4 Å². The maximum atomic E-state index is 13.5. The molecule has 0 radical (unpaired) electrons. The van der Waals surface area contributed by atoms with E-state index in [1.165, 1.54) is 22.1 Å². The van der Waals surface area contributed by atoms with Gasteiger partial charge in [0.25, 0.3) is 5.91 Å². The summed E-state index contributed by atoms with van der Waals surface area (Å²) < 4.78 is 32.8. The number of hydrogen-bond acceptors (Lipinski definition) is 8. The lowest BCUT2D eigenvalue weighted by Gasteiger charge is -2.45. The van der Waals surface area contributed by atoms with Gasteiger partial charge in [0.1, 0.15) is 5.75 Å². The summed E-state index contributed by atoms with van der Waals surface area (Å²) in [6, 6.07) is 10.9. The first-order valence-corrected chi connectivity index (χ1v) is 18.7. The topological polar surface area (TPSA) is 136 Å². The number of rotatable bonds is 2. The van der Waals surface area contributed by atoms with Crippen LogP contribution >= 0.6 is 11.6 Å². The normalized spacial score (nSPS) is 30.6. The zero-order chi connectivity index (χ0) is 33.6. The van der Waals surface area contributed by atoms with Crippen LogP contribution in [-0.4, -0.2) is 81.0 Å². The predicted molar refractivity (Wildman–Crippen MR) is 180 cm³/mol. The molecule has 0 unspecified atom stereocenters. The quantitative estimate of drug-likeness (QED) is 0.408. The zero-order valence-corrected chi connectivity index (χ0v) is 28.5. The van der Waals surface area contributed by atoms with E-state index in [9.17, 15) is 28.2 Å². The second-order valence-corrected chi connectivity index (χ2v) is 16.1. The van der Waals surface area contributed by atoms with Gasteiger partial charge >= 0.3 is 0 Å². The molecule has 3 N–H and O–H groups in total. The maximum Gasteiger partial charge on any atom is 0.270 e. The number of anilines is 1. The van der Waals surface area contributed by atoms with Crippen molar-refractivity contribution in [3.63, 3.8) is 0 Å². The molecule has 47 heavy (non-hydrogen) atoms. The molecule has 1 spiro atoms. The number of aliphatic hydroxyl groups is 2. The van der Waals surface area contributed by atoms with E-state index >= 15 is 0 Å². The van der Waals surface area contributed by atoms with Crippen LogP contribution in [0.3, 0.4) is 0 Å². The second-order valence-electron chi connectivity index (χ2n) is 13.9. The number of aliphatic hydroxyl groups excluding tert-OH is 1. The molecule has 4 aliphatic rings. The third kappa shape index (κ3) is 6.90. The highest BCUT2D eigenvalue weighted by molar-refractivity contribution is 7.89. The van der Waals surface area contributed by atoms with Crippen molar-refractivity contribution in [2.45, 2.75) is 68.5 Å². The molecule has 10 nitrogen and oxygen atoms in total. The number of fused-ring (bicyclic) bond motifs is 4. The molecule has 1 saturated carbocycles. The predicted octanol–water partition coefficient (Wildman–Crippen LogP) is 3.66. The fourth-order valence-electron chi connectivity index (χ4n) is 7.79. The van der Waals surface area contributed by atoms with Crippen molar-refractivity contribution in [2.24, 2.45) is 11.8 Å². The first-order valence-electron chi connectivity index (χ1n) is 16.4. The summed E-state index contributed by atoms with van der Waals surface area (Å²) in [6.45, 7) is 1.96. The Morgan fingerprint density at radius 2 is 1.96 bits per heavy atom. The van der Waals surface area contributed by atoms with Crippen LogP contribution in [0.4, 0.5) is 5.69 Å². The number of allylic oxidation sites excluding steroid dienone is 1. The summed E-state index contributed by atoms with van der Waals surface area (Å²) in [7, 11) is -2.46. The van der Waals surface area contributed by atoms with Gasteiger partial charge in [-0.2, -0.15) is 0 Å². The van der Waals surface area contributed by atoms with Crippen molar-refractivity contribution in [3.8, 4) is 5.75 Å². The average molecular weight is 686 g/mol. The largest absolute Gasteiger partial charge is 0.490 e. The molecule has 2 aliphatic heterocycles. The number of nitrogens with one attached hydrogen (secondary N) is 1. The Morgan fingerprint density at radius 1 is 1.15 bits per heavy atom. The van der Waals surface area contributed by atoms with Crippen molar-refractivity contribution in [1.29, 1.82) is 0 Å². The highest BCUT2D eigenvalue weighted by atomic mass is 35.5. The van der Waals surface area contributed by atoms with Crippen LogP contribution in [0.1, 0.15) is 61.6 Å². The van der Waals surface area contributed by atoms with Crippen molar-refractivity contribution in [2.75, 3.05) is 44.4 Å². The van der Waals surface area contributed by atoms with Gasteiger partial charge in [-0.1, -0.05) is 35.9 Å². The van der Waals surface area contributed by atoms with E-state index in [0.717, 1.165) is 38.4 Å². The molecule has 2 aliphatic carbocycles. The summed E-state index contributed by atoms with van der Waals surface area (Å²) >= 11 is 6.41. The van der Waals surface area contributed by atoms with Crippen LogP contribution in [0.5, 0.6) is 5.75 Å². The fraction of sp³-hybridized carbons (Fsp3) is 0.543. The Kier molecular flexibility index (Phi) is 9.38. The number of ether oxygens (including phenoxy) is 1. The van der Waals surface area contributed by atoms with Gasteiger partial charge in [-0.05, 0) is 97.7 Å². The lowest BCUT2D eigenvalue weighted by atomic mass is 9.68. The van der Waals surface area contributed by atoms with Gasteiger partial charge in [-0.3, -0.25) is 14.3 Å². The molecule has 1 fully saturated rings. The van der Waals surface area contributed by atoms with Crippen molar-refractivity contribution < 1.29 is 33.0 Å². The monoisotopic (exact) mass is 685 g/mol. The highest BCUT2D eigenvalue weighted by Crippen LogP contribution is 2.47. The van der Waals surface area contributed by atoms with Gasteiger partial charge in [-0.25, -0.2) is 8.42 Å². The van der Waals surface area contributed by atoms with Gasteiger partial charge in [0.05, 0.1) is 31.1 Å². The van der Waals surface area contributed by atoms with Crippen LogP contribution in [0.2, 0.25) is 5.02 Å². The number of amides is 2. The number of sulfonamides is 1. The fourth-order valence-corrected chi connectivity index (χ4v) is 8.50. The Labute approximate surface area is 281 Å². The van der Waals surface area contributed by atoms with Crippen molar-refractivity contribution in [3.05, 3.63) is 70.3 Å². The van der Waals surface area contributed by atoms with Gasteiger partial charge < -0.3 is 24.7 Å².